The Morgan fingerprint density at radius 1 is 1.50 bits per heavy atom. The molecule has 0 bridgehead atoms. The number of nitrogens with two attached hydrogens (primary N) is 1. The normalized spacial score (nSPS) is 17.1. The maximum Gasteiger partial charge on any atom is 0.131 e. The molecule has 0 amide bonds. The molecule has 1 unspecified atom stereocenters. The molecule has 0 fully saturated rings. The van der Waals surface area contributed by atoms with Crippen LogP contribution in [0.1, 0.15) is 30.5 Å². The summed E-state index contributed by atoms with van der Waals surface area (Å²) in [6.45, 7) is 2.44. The molecule has 76 valence electrons. The summed E-state index contributed by atoms with van der Waals surface area (Å²) in [7, 11) is 0. The Bertz CT molecular complexity index is 349. The van der Waals surface area contributed by atoms with Crippen LogP contribution < -0.4 is 10.5 Å². The number of hydrogen-bond donors (Lipinski definition) is 1. The van der Waals surface area contributed by atoms with Crippen molar-refractivity contribution in [3.05, 3.63) is 29.1 Å². The zero-order chi connectivity index (χ0) is 10.1. The quantitative estimate of drug-likeness (QED) is 0.745. The molecule has 1 heterocycles. The average molecular weight is 195 g/mol. The predicted octanol–water partition coefficient (Wildman–Crippen LogP) is 2.17. The van der Waals surface area contributed by atoms with Gasteiger partial charge in [0.25, 0.3) is 0 Å². The van der Waals surface area contributed by atoms with Crippen molar-refractivity contribution >= 4 is 0 Å². The smallest absolute Gasteiger partial charge is 0.131 e. The standard InChI is InChI=1S/C11H14FNO/c1-7(13)10-9(12)5-4-8-3-2-6-14-11(8)10/h4-5,7H,2-3,6,13H2,1H3. The van der Waals surface area contributed by atoms with Gasteiger partial charge in [-0.25, -0.2) is 4.39 Å². The summed E-state index contributed by atoms with van der Waals surface area (Å²) >= 11 is 0. The van der Waals surface area contributed by atoms with Gasteiger partial charge in [0.15, 0.2) is 0 Å². The lowest BCUT2D eigenvalue weighted by atomic mass is 9.98. The molecule has 1 aromatic carbocycles. The van der Waals surface area contributed by atoms with Crippen molar-refractivity contribution in [1.82, 2.24) is 0 Å². The summed E-state index contributed by atoms with van der Waals surface area (Å²) < 4.78 is 18.9. The van der Waals surface area contributed by atoms with Crippen LogP contribution in [-0.2, 0) is 6.42 Å². The molecule has 3 heteroatoms. The number of fused-ring (bicyclic) bond motifs is 1. The Kier molecular flexibility index (Phi) is 2.42. The zero-order valence-electron chi connectivity index (χ0n) is 8.22. The highest BCUT2D eigenvalue weighted by atomic mass is 19.1. The van der Waals surface area contributed by atoms with Gasteiger partial charge in [0.1, 0.15) is 11.6 Å². The fourth-order valence-corrected chi connectivity index (χ4v) is 1.85. The van der Waals surface area contributed by atoms with Crippen LogP contribution >= 0.6 is 0 Å². The Hall–Kier alpha value is -1.09. The van der Waals surface area contributed by atoms with Crippen LogP contribution in [0.5, 0.6) is 5.75 Å². The molecule has 1 aliphatic heterocycles. The topological polar surface area (TPSA) is 35.2 Å². The summed E-state index contributed by atoms with van der Waals surface area (Å²) in [4.78, 5) is 0. The van der Waals surface area contributed by atoms with Gasteiger partial charge >= 0.3 is 0 Å². The fourth-order valence-electron chi connectivity index (χ4n) is 1.85. The summed E-state index contributed by atoms with van der Waals surface area (Å²) in [5, 5.41) is 0. The first kappa shape index (κ1) is 9.46. The zero-order valence-corrected chi connectivity index (χ0v) is 8.22. The monoisotopic (exact) mass is 195 g/mol. The summed E-state index contributed by atoms with van der Waals surface area (Å²) in [5.41, 5.74) is 7.31. The molecule has 2 rings (SSSR count). The van der Waals surface area contributed by atoms with Crippen molar-refractivity contribution in [2.45, 2.75) is 25.8 Å². The Morgan fingerprint density at radius 2 is 2.29 bits per heavy atom. The van der Waals surface area contributed by atoms with Crippen molar-refractivity contribution in [2.24, 2.45) is 5.73 Å². The molecule has 0 saturated heterocycles. The van der Waals surface area contributed by atoms with Gasteiger partial charge in [-0.1, -0.05) is 6.07 Å². The fraction of sp³-hybridized carbons (Fsp3) is 0.455. The SMILES string of the molecule is CC(N)c1c(F)ccc2c1OCCC2. The second kappa shape index (κ2) is 3.58. The molecule has 14 heavy (non-hydrogen) atoms. The average Bonchev–Trinajstić information content (AvgIpc) is 2.17. The van der Waals surface area contributed by atoms with Gasteiger partial charge < -0.3 is 10.5 Å². The molecular formula is C11H14FNO. The highest BCUT2D eigenvalue weighted by Gasteiger charge is 2.20. The van der Waals surface area contributed by atoms with Crippen LogP contribution in [0, 0.1) is 5.82 Å². The summed E-state index contributed by atoms with van der Waals surface area (Å²) in [6.07, 6.45) is 1.95. The summed E-state index contributed by atoms with van der Waals surface area (Å²) in [5.74, 6) is 0.409. The van der Waals surface area contributed by atoms with Crippen molar-refractivity contribution < 1.29 is 9.13 Å². The van der Waals surface area contributed by atoms with Gasteiger partial charge in [-0.2, -0.15) is 0 Å². The second-order valence-electron chi connectivity index (χ2n) is 3.69. The number of aryl methyl sites for hydroxylation is 1. The van der Waals surface area contributed by atoms with Crippen molar-refractivity contribution in [3.8, 4) is 5.75 Å². The minimum Gasteiger partial charge on any atom is -0.493 e. The third kappa shape index (κ3) is 1.48. The second-order valence-corrected chi connectivity index (χ2v) is 3.69. The van der Waals surface area contributed by atoms with Crippen LogP contribution in [0.4, 0.5) is 4.39 Å². The highest BCUT2D eigenvalue weighted by Crippen LogP contribution is 2.33. The highest BCUT2D eigenvalue weighted by molar-refractivity contribution is 5.45. The van der Waals surface area contributed by atoms with E-state index in [0.29, 0.717) is 17.9 Å². The first-order valence-corrected chi connectivity index (χ1v) is 4.90. The van der Waals surface area contributed by atoms with Crippen molar-refractivity contribution in [3.63, 3.8) is 0 Å². The molecule has 2 N–H and O–H groups in total. The van der Waals surface area contributed by atoms with E-state index in [4.69, 9.17) is 10.5 Å². The maximum atomic E-state index is 13.5. The van der Waals surface area contributed by atoms with E-state index in [1.807, 2.05) is 0 Å². The molecule has 0 aliphatic carbocycles. The maximum absolute atomic E-state index is 13.5. The first-order valence-electron chi connectivity index (χ1n) is 4.90. The van der Waals surface area contributed by atoms with E-state index in [-0.39, 0.29) is 11.9 Å². The Morgan fingerprint density at radius 3 is 3.00 bits per heavy atom. The lowest BCUT2D eigenvalue weighted by Crippen LogP contribution is -2.16. The van der Waals surface area contributed by atoms with E-state index in [9.17, 15) is 4.39 Å². The van der Waals surface area contributed by atoms with Crippen LogP contribution in [0.3, 0.4) is 0 Å². The van der Waals surface area contributed by atoms with Gasteiger partial charge in [-0.15, -0.1) is 0 Å². The van der Waals surface area contributed by atoms with Gasteiger partial charge in [0, 0.05) is 11.6 Å². The minimum atomic E-state index is -0.317. The molecular weight excluding hydrogens is 181 g/mol. The molecule has 0 aromatic heterocycles. The lowest BCUT2D eigenvalue weighted by molar-refractivity contribution is 0.281. The van der Waals surface area contributed by atoms with Gasteiger partial charge in [0.2, 0.25) is 0 Å². The molecule has 2 nitrogen and oxygen atoms in total. The van der Waals surface area contributed by atoms with Gasteiger partial charge in [-0.3, -0.25) is 0 Å². The number of ether oxygens (including phenoxy) is 1. The van der Waals surface area contributed by atoms with Gasteiger partial charge in [0.05, 0.1) is 6.61 Å². The lowest BCUT2D eigenvalue weighted by Gasteiger charge is -2.22. The minimum absolute atomic E-state index is 0.263. The molecule has 0 spiro atoms. The van der Waals surface area contributed by atoms with Crippen LogP contribution in [0.15, 0.2) is 12.1 Å². The molecule has 1 aliphatic rings. The van der Waals surface area contributed by atoms with Crippen molar-refractivity contribution in [1.29, 1.82) is 0 Å². The molecule has 1 atom stereocenters. The third-order valence-corrected chi connectivity index (χ3v) is 2.52. The number of halogens is 1. The van der Waals surface area contributed by atoms with E-state index < -0.39 is 0 Å². The Balaban J connectivity index is 2.55. The largest absolute Gasteiger partial charge is 0.493 e. The van der Waals surface area contributed by atoms with Crippen molar-refractivity contribution in [2.75, 3.05) is 6.61 Å². The number of rotatable bonds is 1. The summed E-state index contributed by atoms with van der Waals surface area (Å²) in [6, 6.07) is 2.95. The van der Waals surface area contributed by atoms with Crippen LogP contribution in [0.25, 0.3) is 0 Å². The van der Waals surface area contributed by atoms with E-state index in [0.717, 1.165) is 18.4 Å². The molecule has 0 radical (unpaired) electrons. The van der Waals surface area contributed by atoms with Crippen LogP contribution in [0.2, 0.25) is 0 Å². The molecule has 1 aromatic rings. The van der Waals surface area contributed by atoms with Crippen LogP contribution in [-0.4, -0.2) is 6.61 Å². The van der Waals surface area contributed by atoms with Gasteiger partial charge in [-0.05, 0) is 31.4 Å². The Labute approximate surface area is 82.9 Å². The third-order valence-electron chi connectivity index (χ3n) is 2.52. The first-order chi connectivity index (χ1) is 6.70. The molecule has 0 saturated carbocycles. The number of hydrogen-bond acceptors (Lipinski definition) is 2. The predicted molar refractivity (Wildman–Crippen MR) is 52.8 cm³/mol. The van der Waals surface area contributed by atoms with E-state index in [1.54, 1.807) is 13.0 Å². The van der Waals surface area contributed by atoms with E-state index in [2.05, 4.69) is 0 Å². The number of benzene rings is 1. The van der Waals surface area contributed by atoms with E-state index >= 15 is 0 Å². The van der Waals surface area contributed by atoms with E-state index in [1.165, 1.54) is 6.07 Å².